The maximum absolute atomic E-state index is 12.1. The largest absolute Gasteiger partial charge is 0.497 e. The summed E-state index contributed by atoms with van der Waals surface area (Å²) in [7, 11) is 1.51. The predicted octanol–water partition coefficient (Wildman–Crippen LogP) is 2.78. The zero-order valence-electron chi connectivity index (χ0n) is 16.2. The minimum atomic E-state index is -0.617. The number of aromatic nitrogens is 2. The number of benzene rings is 2. The molecule has 8 nitrogen and oxygen atoms in total. The Labute approximate surface area is 167 Å². The van der Waals surface area contributed by atoms with Gasteiger partial charge in [-0.3, -0.25) is 9.59 Å². The number of ether oxygens (including phenoxy) is 2. The SMILES string of the molecule is CCc1ccc(-c2noc(COC(=O)CNC(=O)c3cccc(OC)c3)n2)cc1. The molecule has 0 atom stereocenters. The van der Waals surface area contributed by atoms with Crippen LogP contribution < -0.4 is 10.1 Å². The van der Waals surface area contributed by atoms with Crippen LogP contribution in [0.15, 0.2) is 53.1 Å². The Morgan fingerprint density at radius 2 is 1.93 bits per heavy atom. The minimum absolute atomic E-state index is 0.173. The van der Waals surface area contributed by atoms with Crippen molar-refractivity contribution in [3.8, 4) is 17.1 Å². The number of methoxy groups -OCH3 is 1. The molecule has 0 radical (unpaired) electrons. The number of nitrogens with one attached hydrogen (secondary N) is 1. The van der Waals surface area contributed by atoms with E-state index in [0.717, 1.165) is 12.0 Å². The Balaban J connectivity index is 1.48. The number of hydrogen-bond donors (Lipinski definition) is 1. The van der Waals surface area contributed by atoms with E-state index in [1.165, 1.54) is 12.7 Å². The fraction of sp³-hybridized carbons (Fsp3) is 0.238. The third-order valence-corrected chi connectivity index (χ3v) is 4.17. The van der Waals surface area contributed by atoms with E-state index >= 15 is 0 Å². The van der Waals surface area contributed by atoms with Crippen LogP contribution in [-0.4, -0.2) is 35.7 Å². The van der Waals surface area contributed by atoms with Gasteiger partial charge in [-0.25, -0.2) is 0 Å². The van der Waals surface area contributed by atoms with Crippen LogP contribution in [-0.2, 0) is 22.6 Å². The Bertz CT molecular complexity index is 982. The molecule has 3 aromatic rings. The van der Waals surface area contributed by atoms with Crippen molar-refractivity contribution in [3.05, 3.63) is 65.5 Å². The quantitative estimate of drug-likeness (QED) is 0.585. The third-order valence-electron chi connectivity index (χ3n) is 4.17. The number of hydrogen-bond acceptors (Lipinski definition) is 7. The molecule has 0 aliphatic heterocycles. The molecular formula is C21H21N3O5. The standard InChI is InChI=1S/C21H21N3O5/c1-3-14-7-9-15(10-8-14)20-23-18(29-24-20)13-28-19(25)12-22-21(26)16-5-4-6-17(11-16)27-2/h4-11H,3,12-13H2,1-2H3,(H,22,26). The summed E-state index contributed by atoms with van der Waals surface area (Å²) in [6, 6.07) is 14.4. The summed E-state index contributed by atoms with van der Waals surface area (Å²) in [6.45, 7) is 1.62. The average Bonchev–Trinajstić information content (AvgIpc) is 3.25. The first-order valence-corrected chi connectivity index (χ1v) is 9.08. The van der Waals surface area contributed by atoms with Gasteiger partial charge in [-0.15, -0.1) is 0 Å². The molecule has 0 fully saturated rings. The molecule has 8 heteroatoms. The molecule has 150 valence electrons. The van der Waals surface area contributed by atoms with Crippen molar-refractivity contribution in [2.75, 3.05) is 13.7 Å². The Hall–Kier alpha value is -3.68. The Morgan fingerprint density at radius 1 is 1.14 bits per heavy atom. The second-order valence-corrected chi connectivity index (χ2v) is 6.14. The van der Waals surface area contributed by atoms with E-state index in [1.807, 2.05) is 24.3 Å². The first kappa shape index (κ1) is 20.1. The van der Waals surface area contributed by atoms with E-state index in [0.29, 0.717) is 17.1 Å². The molecule has 0 saturated heterocycles. The van der Waals surface area contributed by atoms with E-state index < -0.39 is 11.9 Å². The summed E-state index contributed by atoms with van der Waals surface area (Å²) < 4.78 is 15.2. The van der Waals surface area contributed by atoms with Crippen molar-refractivity contribution in [2.24, 2.45) is 0 Å². The fourth-order valence-electron chi connectivity index (χ4n) is 2.53. The molecule has 1 N–H and O–H groups in total. The van der Waals surface area contributed by atoms with Crippen LogP contribution in [0, 0.1) is 0 Å². The summed E-state index contributed by atoms with van der Waals surface area (Å²) in [5, 5.41) is 6.38. The highest BCUT2D eigenvalue weighted by molar-refractivity contribution is 5.96. The van der Waals surface area contributed by atoms with Crippen molar-refractivity contribution in [1.82, 2.24) is 15.5 Å². The van der Waals surface area contributed by atoms with Gasteiger partial charge in [-0.2, -0.15) is 4.98 Å². The summed E-state index contributed by atoms with van der Waals surface area (Å²) >= 11 is 0. The van der Waals surface area contributed by atoms with Crippen LogP contribution in [0.2, 0.25) is 0 Å². The van der Waals surface area contributed by atoms with E-state index in [-0.39, 0.29) is 19.0 Å². The van der Waals surface area contributed by atoms with Crippen molar-refractivity contribution < 1.29 is 23.6 Å². The van der Waals surface area contributed by atoms with E-state index in [4.69, 9.17) is 14.0 Å². The smallest absolute Gasteiger partial charge is 0.325 e. The van der Waals surface area contributed by atoms with Gasteiger partial charge in [0.15, 0.2) is 6.61 Å². The normalized spacial score (nSPS) is 10.4. The minimum Gasteiger partial charge on any atom is -0.497 e. The van der Waals surface area contributed by atoms with Crippen LogP contribution in [0.5, 0.6) is 5.75 Å². The lowest BCUT2D eigenvalue weighted by Gasteiger charge is -2.06. The predicted molar refractivity (Wildman–Crippen MR) is 104 cm³/mol. The van der Waals surface area contributed by atoms with Crippen LogP contribution in [0.25, 0.3) is 11.4 Å². The lowest BCUT2D eigenvalue weighted by Crippen LogP contribution is -2.30. The molecule has 0 bridgehead atoms. The lowest BCUT2D eigenvalue weighted by molar-refractivity contribution is -0.144. The molecule has 0 aliphatic carbocycles. The molecule has 1 aromatic heterocycles. The number of aryl methyl sites for hydroxylation is 1. The van der Waals surface area contributed by atoms with Gasteiger partial charge in [0, 0.05) is 11.1 Å². The molecular weight excluding hydrogens is 374 g/mol. The molecule has 29 heavy (non-hydrogen) atoms. The van der Waals surface area contributed by atoms with Gasteiger partial charge < -0.3 is 19.3 Å². The second kappa shape index (κ2) is 9.50. The summed E-state index contributed by atoms with van der Waals surface area (Å²) in [4.78, 5) is 28.2. The number of rotatable bonds is 8. The van der Waals surface area contributed by atoms with E-state index in [1.54, 1.807) is 24.3 Å². The number of carbonyl (C=O) groups is 2. The third kappa shape index (κ3) is 5.41. The second-order valence-electron chi connectivity index (χ2n) is 6.14. The van der Waals surface area contributed by atoms with Crippen molar-refractivity contribution >= 4 is 11.9 Å². The van der Waals surface area contributed by atoms with Gasteiger partial charge in [0.2, 0.25) is 5.82 Å². The lowest BCUT2D eigenvalue weighted by atomic mass is 10.1. The first-order chi connectivity index (χ1) is 14.1. The summed E-state index contributed by atoms with van der Waals surface area (Å²) in [5.41, 5.74) is 2.41. The highest BCUT2D eigenvalue weighted by atomic mass is 16.6. The molecule has 1 amide bonds. The van der Waals surface area contributed by atoms with Gasteiger partial charge in [0.05, 0.1) is 7.11 Å². The number of nitrogens with zero attached hydrogens (tertiary/aromatic N) is 2. The van der Waals surface area contributed by atoms with Gasteiger partial charge >= 0.3 is 5.97 Å². The summed E-state index contributed by atoms with van der Waals surface area (Å²) in [6.07, 6.45) is 0.947. The monoisotopic (exact) mass is 395 g/mol. The van der Waals surface area contributed by atoms with Crippen LogP contribution >= 0.6 is 0 Å². The van der Waals surface area contributed by atoms with Crippen molar-refractivity contribution in [1.29, 1.82) is 0 Å². The molecule has 0 spiro atoms. The van der Waals surface area contributed by atoms with Crippen molar-refractivity contribution in [2.45, 2.75) is 20.0 Å². The van der Waals surface area contributed by atoms with E-state index in [2.05, 4.69) is 22.4 Å². The maximum Gasteiger partial charge on any atom is 0.325 e. The van der Waals surface area contributed by atoms with Gasteiger partial charge in [0.1, 0.15) is 12.3 Å². The highest BCUT2D eigenvalue weighted by Crippen LogP contribution is 2.17. The molecule has 0 aliphatic rings. The topological polar surface area (TPSA) is 104 Å². The zero-order chi connectivity index (χ0) is 20.6. The number of carbonyl (C=O) groups excluding carboxylic acids is 2. The highest BCUT2D eigenvalue weighted by Gasteiger charge is 2.13. The molecule has 3 rings (SSSR count). The van der Waals surface area contributed by atoms with E-state index in [9.17, 15) is 9.59 Å². The molecule has 0 unspecified atom stereocenters. The molecule has 0 saturated carbocycles. The van der Waals surface area contributed by atoms with Crippen LogP contribution in [0.3, 0.4) is 0 Å². The first-order valence-electron chi connectivity index (χ1n) is 9.08. The van der Waals surface area contributed by atoms with Crippen LogP contribution in [0.1, 0.15) is 28.7 Å². The molecule has 1 heterocycles. The zero-order valence-corrected chi connectivity index (χ0v) is 16.2. The van der Waals surface area contributed by atoms with Crippen molar-refractivity contribution in [3.63, 3.8) is 0 Å². The fourth-order valence-corrected chi connectivity index (χ4v) is 2.53. The number of amides is 1. The van der Waals surface area contributed by atoms with Gasteiger partial charge in [-0.05, 0) is 30.2 Å². The van der Waals surface area contributed by atoms with Gasteiger partial charge in [0.25, 0.3) is 11.8 Å². The summed E-state index contributed by atoms with van der Waals surface area (Å²) in [5.74, 6) is 0.124. The number of esters is 1. The average molecular weight is 395 g/mol. The van der Waals surface area contributed by atoms with Gasteiger partial charge in [-0.1, -0.05) is 42.4 Å². The van der Waals surface area contributed by atoms with Crippen LogP contribution in [0.4, 0.5) is 0 Å². The molecule has 2 aromatic carbocycles. The Kier molecular flexibility index (Phi) is 6.57. The Morgan fingerprint density at radius 3 is 2.66 bits per heavy atom. The maximum atomic E-state index is 12.1.